The molecule has 5 nitrogen and oxygen atoms in total. The molecule has 0 aliphatic carbocycles. The fraction of sp³-hybridized carbons (Fsp3) is 0.133. The van der Waals surface area contributed by atoms with E-state index in [1.807, 2.05) is 0 Å². The van der Waals surface area contributed by atoms with Gasteiger partial charge >= 0.3 is 0 Å². The summed E-state index contributed by atoms with van der Waals surface area (Å²) < 4.78 is 52.4. The van der Waals surface area contributed by atoms with Crippen LogP contribution >= 0.6 is 23.2 Å². The lowest BCUT2D eigenvalue weighted by molar-refractivity contribution is 0.159. The lowest BCUT2D eigenvalue weighted by atomic mass is 10.1. The van der Waals surface area contributed by atoms with Gasteiger partial charge in [-0.15, -0.1) is 0 Å². The Morgan fingerprint density at radius 2 is 1.80 bits per heavy atom. The number of aliphatic hydroxyl groups is 1. The molecule has 10 heteroatoms. The van der Waals surface area contributed by atoms with Crippen LogP contribution in [0.3, 0.4) is 0 Å². The van der Waals surface area contributed by atoms with E-state index in [4.69, 9.17) is 23.2 Å². The molecule has 0 spiro atoms. The minimum absolute atomic E-state index is 0.0472. The van der Waals surface area contributed by atoms with Crippen LogP contribution in [-0.2, 0) is 10.0 Å². The number of nitrogens with zero attached hydrogens (tertiary/aromatic N) is 2. The highest BCUT2D eigenvalue weighted by Crippen LogP contribution is 2.45. The Morgan fingerprint density at radius 1 is 1.16 bits per heavy atom. The molecule has 1 aliphatic heterocycles. The largest absolute Gasteiger partial charge is 0.504 e. The number of alkyl halides is 2. The molecule has 132 valence electrons. The zero-order valence-corrected chi connectivity index (χ0v) is 14.7. The van der Waals surface area contributed by atoms with Crippen LogP contribution in [0.1, 0.15) is 11.3 Å². The number of anilines is 1. The molecule has 0 saturated carbocycles. The summed E-state index contributed by atoms with van der Waals surface area (Å²) >= 11 is 12.1. The predicted molar refractivity (Wildman–Crippen MR) is 92.4 cm³/mol. The molecule has 0 amide bonds. The van der Waals surface area contributed by atoms with Crippen LogP contribution in [0.4, 0.5) is 14.5 Å². The Bertz CT molecular complexity index is 960. The standard InChI is InChI=1S/C15H10Cl2F2N2O3S/c16-8-3-1-4-9(17)12(8)15-14(22)13-10(5-2-6-20-13)21(7-11(18)19)25(15,23)24/h1-6,11,22H,7H2. The van der Waals surface area contributed by atoms with E-state index in [1.54, 1.807) is 0 Å². The van der Waals surface area contributed by atoms with Gasteiger partial charge in [-0.1, -0.05) is 29.3 Å². The van der Waals surface area contributed by atoms with Gasteiger partial charge < -0.3 is 5.11 Å². The Balaban J connectivity index is 2.38. The number of hydrogen-bond acceptors (Lipinski definition) is 4. The fourth-order valence-electron chi connectivity index (χ4n) is 2.53. The van der Waals surface area contributed by atoms with Crippen LogP contribution in [-0.4, -0.2) is 31.5 Å². The second-order valence-corrected chi connectivity index (χ2v) is 7.69. The van der Waals surface area contributed by atoms with E-state index in [0.29, 0.717) is 4.31 Å². The van der Waals surface area contributed by atoms with Gasteiger partial charge in [0.25, 0.3) is 16.4 Å². The molecule has 2 heterocycles. The number of aromatic nitrogens is 1. The van der Waals surface area contributed by atoms with Crippen molar-refractivity contribution in [3.63, 3.8) is 0 Å². The van der Waals surface area contributed by atoms with Gasteiger partial charge in [0.15, 0.2) is 5.76 Å². The van der Waals surface area contributed by atoms with Crippen molar-refractivity contribution in [2.24, 2.45) is 0 Å². The summed E-state index contributed by atoms with van der Waals surface area (Å²) in [6, 6.07) is 6.91. The SMILES string of the molecule is O=S1(=O)C(c2c(Cl)cccc2Cl)=C(O)c2ncccc2N1CC(F)F. The summed E-state index contributed by atoms with van der Waals surface area (Å²) in [5.41, 5.74) is -0.463. The van der Waals surface area contributed by atoms with Gasteiger partial charge in [0.1, 0.15) is 10.6 Å². The molecule has 3 rings (SSSR count). The zero-order chi connectivity index (χ0) is 18.4. The third-order valence-electron chi connectivity index (χ3n) is 3.54. The van der Waals surface area contributed by atoms with E-state index in [1.165, 1.54) is 36.5 Å². The van der Waals surface area contributed by atoms with Gasteiger partial charge in [0.2, 0.25) is 0 Å². The van der Waals surface area contributed by atoms with Crippen molar-refractivity contribution in [1.82, 2.24) is 4.98 Å². The van der Waals surface area contributed by atoms with Gasteiger partial charge in [0, 0.05) is 11.8 Å². The van der Waals surface area contributed by atoms with E-state index in [2.05, 4.69) is 4.98 Å². The zero-order valence-electron chi connectivity index (χ0n) is 12.3. The minimum Gasteiger partial charge on any atom is -0.504 e. The van der Waals surface area contributed by atoms with Crippen molar-refractivity contribution in [3.05, 3.63) is 57.8 Å². The van der Waals surface area contributed by atoms with Crippen molar-refractivity contribution in [2.45, 2.75) is 6.43 Å². The maximum Gasteiger partial charge on any atom is 0.269 e. The quantitative estimate of drug-likeness (QED) is 0.829. The van der Waals surface area contributed by atoms with Crippen LogP contribution < -0.4 is 4.31 Å². The third-order valence-corrected chi connectivity index (χ3v) is 6.01. The van der Waals surface area contributed by atoms with E-state index in [9.17, 15) is 22.3 Å². The van der Waals surface area contributed by atoms with E-state index < -0.39 is 33.7 Å². The molecular weight excluding hydrogens is 397 g/mol. The third kappa shape index (κ3) is 2.94. The second kappa shape index (κ2) is 6.44. The monoisotopic (exact) mass is 406 g/mol. The first-order valence-electron chi connectivity index (χ1n) is 6.89. The van der Waals surface area contributed by atoms with Gasteiger partial charge in [-0.25, -0.2) is 17.2 Å². The van der Waals surface area contributed by atoms with Crippen molar-refractivity contribution in [1.29, 1.82) is 0 Å². The lowest BCUT2D eigenvalue weighted by Crippen LogP contribution is -2.39. The normalized spacial score (nSPS) is 16.3. The van der Waals surface area contributed by atoms with Crippen LogP contribution in [0.2, 0.25) is 10.0 Å². The molecule has 0 atom stereocenters. The van der Waals surface area contributed by atoms with E-state index >= 15 is 0 Å². The molecule has 0 saturated heterocycles. The average Bonchev–Trinajstić information content (AvgIpc) is 2.54. The van der Waals surface area contributed by atoms with Crippen molar-refractivity contribution in [3.8, 4) is 0 Å². The number of hydrogen-bond donors (Lipinski definition) is 1. The summed E-state index contributed by atoms with van der Waals surface area (Å²) in [5.74, 6) is -0.698. The molecule has 2 aromatic rings. The fourth-order valence-corrected chi connectivity index (χ4v) is 4.99. The van der Waals surface area contributed by atoms with E-state index in [0.717, 1.165) is 0 Å². The first-order valence-corrected chi connectivity index (χ1v) is 9.08. The second-order valence-electron chi connectivity index (χ2n) is 5.07. The molecule has 1 aliphatic rings. The molecule has 0 fully saturated rings. The summed E-state index contributed by atoms with van der Waals surface area (Å²) in [5, 5.41) is 10.4. The number of fused-ring (bicyclic) bond motifs is 1. The van der Waals surface area contributed by atoms with Gasteiger partial charge in [0.05, 0.1) is 22.3 Å². The summed E-state index contributed by atoms with van der Waals surface area (Å²) in [4.78, 5) is 3.26. The highest BCUT2D eigenvalue weighted by molar-refractivity contribution is 8.02. The Hall–Kier alpha value is -1.90. The molecular formula is C15H10Cl2F2N2O3S. The van der Waals surface area contributed by atoms with Crippen molar-refractivity contribution < 1.29 is 22.3 Å². The number of benzene rings is 1. The lowest BCUT2D eigenvalue weighted by Gasteiger charge is -2.31. The van der Waals surface area contributed by atoms with Crippen molar-refractivity contribution in [2.75, 3.05) is 10.8 Å². The predicted octanol–water partition coefficient (Wildman–Crippen LogP) is 4.19. The minimum atomic E-state index is -4.55. The maximum absolute atomic E-state index is 13.0. The Labute approximate surface area is 152 Å². The van der Waals surface area contributed by atoms with Crippen LogP contribution in [0.15, 0.2) is 36.5 Å². The molecule has 1 N–H and O–H groups in total. The van der Waals surface area contributed by atoms with Crippen LogP contribution in [0, 0.1) is 0 Å². The molecule has 0 unspecified atom stereocenters. The average molecular weight is 407 g/mol. The highest BCUT2D eigenvalue weighted by Gasteiger charge is 2.41. The molecule has 25 heavy (non-hydrogen) atoms. The highest BCUT2D eigenvalue weighted by atomic mass is 35.5. The molecule has 0 bridgehead atoms. The number of halogens is 4. The molecule has 1 aromatic heterocycles. The number of pyridine rings is 1. The molecule has 0 radical (unpaired) electrons. The Morgan fingerprint density at radius 3 is 2.40 bits per heavy atom. The summed E-state index contributed by atoms with van der Waals surface area (Å²) in [7, 11) is -4.55. The van der Waals surface area contributed by atoms with Crippen LogP contribution in [0.25, 0.3) is 10.7 Å². The van der Waals surface area contributed by atoms with Crippen LogP contribution in [0.5, 0.6) is 0 Å². The number of rotatable bonds is 3. The van der Waals surface area contributed by atoms with Gasteiger partial charge in [-0.2, -0.15) is 0 Å². The first-order chi connectivity index (χ1) is 11.7. The van der Waals surface area contributed by atoms with Gasteiger partial charge in [-0.05, 0) is 24.3 Å². The maximum atomic E-state index is 13.0. The van der Waals surface area contributed by atoms with Gasteiger partial charge in [-0.3, -0.25) is 9.29 Å². The topological polar surface area (TPSA) is 70.5 Å². The number of aliphatic hydroxyl groups excluding tert-OH is 1. The summed E-state index contributed by atoms with van der Waals surface area (Å²) in [6.45, 7) is -1.10. The van der Waals surface area contributed by atoms with E-state index in [-0.39, 0.29) is 27.0 Å². The smallest absolute Gasteiger partial charge is 0.269 e. The van der Waals surface area contributed by atoms with Crippen molar-refractivity contribution >= 4 is 49.6 Å². The number of sulfonamides is 1. The summed E-state index contributed by atoms with van der Waals surface area (Å²) in [6.07, 6.45) is -1.63. The first kappa shape index (κ1) is 17.9. The Kier molecular flexibility index (Phi) is 4.61. The molecule has 1 aromatic carbocycles.